The van der Waals surface area contributed by atoms with E-state index in [9.17, 15) is 0 Å². The van der Waals surface area contributed by atoms with Crippen molar-refractivity contribution in [2.75, 3.05) is 17.2 Å². The Bertz CT molecular complexity index is 1070. The number of nitrogen functional groups attached to an aromatic ring is 1. The summed E-state index contributed by atoms with van der Waals surface area (Å²) in [6.07, 6.45) is 2.39. The summed E-state index contributed by atoms with van der Waals surface area (Å²) >= 11 is 0. The lowest BCUT2D eigenvalue weighted by Crippen LogP contribution is -2.35. The van der Waals surface area contributed by atoms with Gasteiger partial charge in [0.1, 0.15) is 23.7 Å². The molecule has 3 heterocycles. The molecule has 3 N–H and O–H groups in total. The van der Waals surface area contributed by atoms with Crippen molar-refractivity contribution in [3.05, 3.63) is 53.5 Å². The molecule has 0 saturated carbocycles. The van der Waals surface area contributed by atoms with E-state index in [1.165, 1.54) is 6.33 Å². The lowest BCUT2D eigenvalue weighted by Gasteiger charge is -2.28. The summed E-state index contributed by atoms with van der Waals surface area (Å²) in [5.41, 5.74) is 7.98. The number of nitrogens with one attached hydrogen (secondary N) is 1. The molecule has 0 atom stereocenters. The minimum Gasteiger partial charge on any atom is -0.491 e. The first-order valence-electron chi connectivity index (χ1n) is 10.1. The highest BCUT2D eigenvalue weighted by Gasteiger charge is 2.22. The predicted molar refractivity (Wildman–Crippen MR) is 115 cm³/mol. The van der Waals surface area contributed by atoms with Crippen LogP contribution in [0.25, 0.3) is 0 Å². The molecule has 0 bridgehead atoms. The van der Waals surface area contributed by atoms with Crippen LogP contribution in [0.5, 0.6) is 5.75 Å². The zero-order chi connectivity index (χ0) is 21.3. The van der Waals surface area contributed by atoms with E-state index < -0.39 is 0 Å². The third-order valence-electron chi connectivity index (χ3n) is 5.04. The molecule has 0 radical (unpaired) electrons. The zero-order valence-electron chi connectivity index (χ0n) is 17.5. The van der Waals surface area contributed by atoms with Crippen molar-refractivity contribution in [1.29, 1.82) is 5.41 Å². The smallest absolute Gasteiger partial charge is 0.152 e. The molecule has 156 valence electrons. The van der Waals surface area contributed by atoms with Crippen LogP contribution in [-0.2, 0) is 19.5 Å². The molecular formula is C21H26N8O. The molecule has 0 fully saturated rings. The van der Waals surface area contributed by atoms with Crippen LogP contribution in [0.1, 0.15) is 43.7 Å². The number of hydrogen-bond acceptors (Lipinski definition) is 8. The van der Waals surface area contributed by atoms with E-state index >= 15 is 0 Å². The monoisotopic (exact) mass is 406 g/mol. The Balaban J connectivity index is 1.59. The summed E-state index contributed by atoms with van der Waals surface area (Å²) in [6, 6.07) is 7.18. The van der Waals surface area contributed by atoms with E-state index in [-0.39, 0.29) is 11.8 Å². The molecule has 2 aromatic heterocycles. The van der Waals surface area contributed by atoms with Gasteiger partial charge in [0.25, 0.3) is 0 Å². The number of aromatic nitrogens is 5. The van der Waals surface area contributed by atoms with Crippen LogP contribution in [0, 0.1) is 5.41 Å². The molecule has 0 aliphatic carbocycles. The normalized spacial score (nSPS) is 13.4. The quantitative estimate of drug-likeness (QED) is 0.477. The van der Waals surface area contributed by atoms with Gasteiger partial charge in [-0.1, -0.05) is 6.92 Å². The van der Waals surface area contributed by atoms with Crippen molar-refractivity contribution in [1.82, 2.24) is 24.7 Å². The number of aryl methyl sites for hydroxylation is 1. The first-order chi connectivity index (χ1) is 14.5. The molecule has 1 aliphatic heterocycles. The summed E-state index contributed by atoms with van der Waals surface area (Å²) in [7, 11) is 0. The van der Waals surface area contributed by atoms with Crippen LogP contribution in [0.4, 0.5) is 11.5 Å². The van der Waals surface area contributed by atoms with E-state index in [0.717, 1.165) is 37.0 Å². The fourth-order valence-corrected chi connectivity index (χ4v) is 3.57. The number of fused-ring (bicyclic) bond motifs is 1. The fourth-order valence-electron chi connectivity index (χ4n) is 3.57. The van der Waals surface area contributed by atoms with E-state index in [0.29, 0.717) is 29.2 Å². The molecular weight excluding hydrogens is 380 g/mol. The van der Waals surface area contributed by atoms with E-state index in [4.69, 9.17) is 15.9 Å². The van der Waals surface area contributed by atoms with Crippen molar-refractivity contribution in [2.24, 2.45) is 0 Å². The molecule has 1 aliphatic rings. The van der Waals surface area contributed by atoms with Crippen molar-refractivity contribution >= 4 is 17.2 Å². The van der Waals surface area contributed by atoms with Gasteiger partial charge in [-0.15, -0.1) is 10.2 Å². The Morgan fingerprint density at radius 3 is 2.80 bits per heavy atom. The second-order valence-corrected chi connectivity index (χ2v) is 7.51. The van der Waals surface area contributed by atoms with Crippen molar-refractivity contribution < 1.29 is 4.74 Å². The van der Waals surface area contributed by atoms with Gasteiger partial charge >= 0.3 is 0 Å². The van der Waals surface area contributed by atoms with Crippen LogP contribution >= 0.6 is 0 Å². The minimum absolute atomic E-state index is 0.0377. The van der Waals surface area contributed by atoms with E-state index in [2.05, 4.69) is 36.6 Å². The zero-order valence-corrected chi connectivity index (χ0v) is 17.5. The standard InChI is InChI=1S/C21H26N8O/c1-4-18-26-27-20-11-28(7-8-29(18)20)19-10-17(24-12-25-19)21(23)15-9-14(30-13(2)3)5-6-16(15)22/h5-6,9-10,12-13,23H,4,7-8,11,22H2,1-3H3. The molecule has 0 saturated heterocycles. The van der Waals surface area contributed by atoms with Gasteiger partial charge in [-0.2, -0.15) is 0 Å². The maximum Gasteiger partial charge on any atom is 0.152 e. The Morgan fingerprint density at radius 1 is 1.20 bits per heavy atom. The SMILES string of the molecule is CCc1nnc2n1CCN(c1cc(C(=N)c3cc(OC(C)C)ccc3N)ncn1)C2. The average molecular weight is 406 g/mol. The maximum absolute atomic E-state index is 8.68. The Morgan fingerprint density at radius 2 is 2.03 bits per heavy atom. The van der Waals surface area contributed by atoms with Gasteiger partial charge in [-0.3, -0.25) is 5.41 Å². The van der Waals surface area contributed by atoms with Crippen molar-refractivity contribution in [3.63, 3.8) is 0 Å². The molecule has 0 spiro atoms. The molecule has 9 heteroatoms. The second kappa shape index (κ2) is 8.10. The number of nitrogens with zero attached hydrogens (tertiary/aromatic N) is 6. The van der Waals surface area contributed by atoms with E-state index in [1.54, 1.807) is 12.1 Å². The largest absolute Gasteiger partial charge is 0.491 e. The molecule has 0 unspecified atom stereocenters. The van der Waals surface area contributed by atoms with Crippen LogP contribution in [0.3, 0.4) is 0 Å². The summed E-state index contributed by atoms with van der Waals surface area (Å²) < 4.78 is 7.92. The van der Waals surface area contributed by atoms with Crippen LogP contribution in [0.2, 0.25) is 0 Å². The lowest BCUT2D eigenvalue weighted by atomic mass is 10.0. The molecule has 9 nitrogen and oxygen atoms in total. The van der Waals surface area contributed by atoms with Crippen molar-refractivity contribution in [3.8, 4) is 5.75 Å². The molecule has 30 heavy (non-hydrogen) atoms. The first-order valence-corrected chi connectivity index (χ1v) is 10.1. The fraction of sp³-hybridized carbons (Fsp3) is 0.381. The third kappa shape index (κ3) is 3.83. The average Bonchev–Trinajstić information content (AvgIpc) is 3.16. The number of anilines is 2. The minimum atomic E-state index is 0.0377. The number of hydrogen-bond donors (Lipinski definition) is 2. The van der Waals surface area contributed by atoms with Crippen LogP contribution in [0.15, 0.2) is 30.6 Å². The topological polar surface area (TPSA) is 119 Å². The van der Waals surface area contributed by atoms with Gasteiger partial charge in [0.2, 0.25) is 0 Å². The Kier molecular flexibility index (Phi) is 5.35. The maximum atomic E-state index is 8.68. The highest BCUT2D eigenvalue weighted by Crippen LogP contribution is 2.25. The van der Waals surface area contributed by atoms with Crippen LogP contribution < -0.4 is 15.4 Å². The number of benzene rings is 1. The molecule has 0 amide bonds. The van der Waals surface area contributed by atoms with Gasteiger partial charge in [0.05, 0.1) is 24.1 Å². The summed E-state index contributed by atoms with van der Waals surface area (Å²) in [6.45, 7) is 8.23. The predicted octanol–water partition coefficient (Wildman–Crippen LogP) is 2.44. The Hall–Kier alpha value is -3.49. The summed E-state index contributed by atoms with van der Waals surface area (Å²) in [5, 5.41) is 17.2. The molecule has 3 aromatic rings. The van der Waals surface area contributed by atoms with Gasteiger partial charge in [0, 0.05) is 36.8 Å². The van der Waals surface area contributed by atoms with Crippen LogP contribution in [-0.4, -0.2) is 43.1 Å². The first kappa shape index (κ1) is 19.8. The van der Waals surface area contributed by atoms with Crippen molar-refractivity contribution in [2.45, 2.75) is 46.4 Å². The van der Waals surface area contributed by atoms with Gasteiger partial charge in [-0.05, 0) is 32.0 Å². The van der Waals surface area contributed by atoms with Gasteiger partial charge in [-0.25, -0.2) is 9.97 Å². The molecule has 4 rings (SSSR count). The highest BCUT2D eigenvalue weighted by molar-refractivity contribution is 6.13. The number of nitrogens with two attached hydrogens (primary N) is 1. The second-order valence-electron chi connectivity index (χ2n) is 7.51. The molecule has 1 aromatic carbocycles. The van der Waals surface area contributed by atoms with Gasteiger partial charge < -0.3 is 19.9 Å². The lowest BCUT2D eigenvalue weighted by molar-refractivity contribution is 0.242. The number of rotatable bonds is 6. The Labute approximate surface area is 175 Å². The number of ether oxygens (including phenoxy) is 1. The third-order valence-corrected chi connectivity index (χ3v) is 5.04. The summed E-state index contributed by atoms with van der Waals surface area (Å²) in [5.74, 6) is 3.37. The summed E-state index contributed by atoms with van der Waals surface area (Å²) in [4.78, 5) is 10.9. The highest BCUT2D eigenvalue weighted by atomic mass is 16.5. The van der Waals surface area contributed by atoms with Gasteiger partial charge in [0.15, 0.2) is 5.82 Å². The van der Waals surface area contributed by atoms with E-state index in [1.807, 2.05) is 26.0 Å².